The third-order valence-corrected chi connectivity index (χ3v) is 7.06. The zero-order chi connectivity index (χ0) is 17.9. The fraction of sp³-hybridized carbons (Fsp3) is 0.625. The number of rotatable bonds is 6. The Bertz CT molecular complexity index is 723. The fourth-order valence-electron chi connectivity index (χ4n) is 2.91. The lowest BCUT2D eigenvalue weighted by molar-refractivity contribution is -0.136. The summed E-state index contributed by atoms with van der Waals surface area (Å²) < 4.78 is 28.3. The van der Waals surface area contributed by atoms with Crippen molar-refractivity contribution in [2.45, 2.75) is 39.7 Å². The zero-order valence-corrected chi connectivity index (χ0v) is 15.8. The standard InChI is InChI=1S/C16H23NO5S2/c1-4-12-8-14(23-11(12)3)16(19)22-9-15(18)17(5-2)13-6-7-24(20,21)10-13/h8,13H,4-7,9-10H2,1-3H3. The molecule has 1 atom stereocenters. The summed E-state index contributed by atoms with van der Waals surface area (Å²) in [7, 11) is -3.06. The third-order valence-electron chi connectivity index (χ3n) is 4.24. The number of carbonyl (C=O) groups excluding carboxylic acids is 2. The van der Waals surface area contributed by atoms with Gasteiger partial charge in [0.2, 0.25) is 0 Å². The molecule has 0 aliphatic carbocycles. The van der Waals surface area contributed by atoms with Crippen molar-refractivity contribution in [2.75, 3.05) is 24.7 Å². The van der Waals surface area contributed by atoms with E-state index in [9.17, 15) is 18.0 Å². The molecule has 0 bridgehead atoms. The van der Waals surface area contributed by atoms with Gasteiger partial charge in [-0.25, -0.2) is 13.2 Å². The van der Waals surface area contributed by atoms with Crippen LogP contribution in [-0.2, 0) is 25.8 Å². The SMILES string of the molecule is CCc1cc(C(=O)OCC(=O)N(CC)C2CCS(=O)(=O)C2)sc1C. The first-order valence-corrected chi connectivity index (χ1v) is 10.7. The number of aryl methyl sites for hydroxylation is 2. The van der Waals surface area contributed by atoms with Crippen molar-refractivity contribution < 1.29 is 22.7 Å². The molecule has 1 aliphatic rings. The average molecular weight is 373 g/mol. The fourth-order valence-corrected chi connectivity index (χ4v) is 5.65. The van der Waals surface area contributed by atoms with Crippen LogP contribution in [0.2, 0.25) is 0 Å². The Morgan fingerprint density at radius 3 is 2.58 bits per heavy atom. The Morgan fingerprint density at radius 2 is 2.08 bits per heavy atom. The highest BCUT2D eigenvalue weighted by Crippen LogP contribution is 2.23. The van der Waals surface area contributed by atoms with Crippen LogP contribution in [0.15, 0.2) is 6.07 Å². The molecule has 1 aromatic heterocycles. The second-order valence-electron chi connectivity index (χ2n) is 5.86. The van der Waals surface area contributed by atoms with E-state index in [0.29, 0.717) is 17.8 Å². The van der Waals surface area contributed by atoms with Gasteiger partial charge in [0.15, 0.2) is 16.4 Å². The van der Waals surface area contributed by atoms with Gasteiger partial charge in [0.1, 0.15) is 4.88 Å². The van der Waals surface area contributed by atoms with Crippen molar-refractivity contribution in [3.63, 3.8) is 0 Å². The maximum atomic E-state index is 12.3. The van der Waals surface area contributed by atoms with Gasteiger partial charge in [0, 0.05) is 17.5 Å². The first kappa shape index (κ1) is 18.9. The van der Waals surface area contributed by atoms with Crippen LogP contribution in [0.4, 0.5) is 0 Å². The van der Waals surface area contributed by atoms with Crippen LogP contribution in [0.25, 0.3) is 0 Å². The van der Waals surface area contributed by atoms with Crippen LogP contribution >= 0.6 is 11.3 Å². The zero-order valence-electron chi connectivity index (χ0n) is 14.2. The summed E-state index contributed by atoms with van der Waals surface area (Å²) in [5, 5.41) is 0. The molecule has 1 amide bonds. The van der Waals surface area contributed by atoms with E-state index in [2.05, 4.69) is 0 Å². The molecule has 1 aliphatic heterocycles. The number of hydrogen-bond donors (Lipinski definition) is 0. The van der Waals surface area contributed by atoms with Gasteiger partial charge in [0.25, 0.3) is 5.91 Å². The van der Waals surface area contributed by atoms with Crippen LogP contribution in [0.5, 0.6) is 0 Å². The predicted molar refractivity (Wildman–Crippen MR) is 93.2 cm³/mol. The van der Waals surface area contributed by atoms with E-state index in [4.69, 9.17) is 4.74 Å². The predicted octanol–water partition coefficient (Wildman–Crippen LogP) is 1.81. The number of nitrogens with zero attached hydrogens (tertiary/aromatic N) is 1. The summed E-state index contributed by atoms with van der Waals surface area (Å²) in [6, 6.07) is 1.48. The van der Waals surface area contributed by atoms with Crippen molar-refractivity contribution in [2.24, 2.45) is 0 Å². The Kier molecular flexibility index (Phi) is 6.03. The number of esters is 1. The quantitative estimate of drug-likeness (QED) is 0.711. The second kappa shape index (κ2) is 7.65. The monoisotopic (exact) mass is 373 g/mol. The molecule has 2 heterocycles. The van der Waals surface area contributed by atoms with Crippen LogP contribution in [0.1, 0.15) is 40.4 Å². The first-order valence-electron chi connectivity index (χ1n) is 8.03. The van der Waals surface area contributed by atoms with Crippen LogP contribution in [0.3, 0.4) is 0 Å². The number of carbonyl (C=O) groups is 2. The molecular weight excluding hydrogens is 350 g/mol. The number of ether oxygens (including phenoxy) is 1. The minimum Gasteiger partial charge on any atom is -0.451 e. The van der Waals surface area contributed by atoms with Crippen molar-refractivity contribution in [1.82, 2.24) is 4.90 Å². The molecule has 0 aromatic carbocycles. The van der Waals surface area contributed by atoms with Gasteiger partial charge in [-0.3, -0.25) is 4.79 Å². The Balaban J connectivity index is 1.94. The maximum absolute atomic E-state index is 12.3. The third kappa shape index (κ3) is 4.36. The smallest absolute Gasteiger partial charge is 0.348 e. The van der Waals surface area contributed by atoms with Crippen LogP contribution in [-0.4, -0.2) is 55.9 Å². The van der Waals surface area contributed by atoms with Gasteiger partial charge < -0.3 is 9.64 Å². The minimum atomic E-state index is -3.06. The molecule has 0 radical (unpaired) electrons. The van der Waals surface area contributed by atoms with Gasteiger partial charge >= 0.3 is 5.97 Å². The number of likely N-dealkylation sites (N-methyl/N-ethyl adjacent to an activating group) is 1. The first-order chi connectivity index (χ1) is 11.3. The summed E-state index contributed by atoms with van der Waals surface area (Å²) in [4.78, 5) is 27.4. The maximum Gasteiger partial charge on any atom is 0.348 e. The number of thiophene rings is 1. The molecule has 1 unspecified atom stereocenters. The van der Waals surface area contributed by atoms with E-state index in [0.717, 1.165) is 16.9 Å². The number of hydrogen-bond acceptors (Lipinski definition) is 6. The molecule has 2 rings (SSSR count). The molecule has 6 nitrogen and oxygen atoms in total. The molecule has 8 heteroatoms. The van der Waals surface area contributed by atoms with Gasteiger partial charge in [-0.15, -0.1) is 11.3 Å². The molecule has 24 heavy (non-hydrogen) atoms. The molecule has 1 saturated heterocycles. The molecular formula is C16H23NO5S2. The van der Waals surface area contributed by atoms with Crippen molar-refractivity contribution in [3.05, 3.63) is 21.4 Å². The summed E-state index contributed by atoms with van der Waals surface area (Å²) in [5.74, 6) is -0.761. The lowest BCUT2D eigenvalue weighted by atomic mass is 10.2. The van der Waals surface area contributed by atoms with E-state index >= 15 is 0 Å². The van der Waals surface area contributed by atoms with Gasteiger partial charge in [-0.05, 0) is 38.3 Å². The van der Waals surface area contributed by atoms with Crippen molar-refractivity contribution >= 4 is 33.1 Å². The minimum absolute atomic E-state index is 0.00942. The largest absolute Gasteiger partial charge is 0.451 e. The lowest BCUT2D eigenvalue weighted by Gasteiger charge is -2.26. The van der Waals surface area contributed by atoms with Crippen molar-refractivity contribution in [1.29, 1.82) is 0 Å². The molecule has 0 saturated carbocycles. The summed E-state index contributed by atoms with van der Waals surface area (Å²) in [5.41, 5.74) is 1.10. The number of sulfone groups is 1. The normalized spacial score (nSPS) is 19.2. The average Bonchev–Trinajstić information content (AvgIpc) is 3.08. The highest BCUT2D eigenvalue weighted by atomic mass is 32.2. The topological polar surface area (TPSA) is 80.8 Å². The van der Waals surface area contributed by atoms with E-state index in [-0.39, 0.29) is 30.1 Å². The van der Waals surface area contributed by atoms with Crippen LogP contribution in [0, 0.1) is 6.92 Å². The molecule has 0 spiro atoms. The molecule has 1 fully saturated rings. The Morgan fingerprint density at radius 1 is 1.38 bits per heavy atom. The Labute approximate surface area is 146 Å². The van der Waals surface area contributed by atoms with E-state index in [1.165, 1.54) is 16.2 Å². The summed E-state index contributed by atoms with van der Waals surface area (Å²) in [6.07, 6.45) is 1.29. The van der Waals surface area contributed by atoms with Crippen LogP contribution < -0.4 is 0 Å². The molecule has 134 valence electrons. The Hall–Kier alpha value is -1.41. The molecule has 0 N–H and O–H groups in total. The van der Waals surface area contributed by atoms with E-state index in [1.54, 1.807) is 13.0 Å². The highest BCUT2D eigenvalue weighted by molar-refractivity contribution is 7.91. The summed E-state index contributed by atoms with van der Waals surface area (Å²) in [6.45, 7) is 5.80. The van der Waals surface area contributed by atoms with Gasteiger partial charge in [0.05, 0.1) is 11.5 Å². The van der Waals surface area contributed by atoms with Crippen molar-refractivity contribution in [3.8, 4) is 0 Å². The van der Waals surface area contributed by atoms with Gasteiger partial charge in [-0.2, -0.15) is 0 Å². The molecule has 1 aromatic rings. The number of amides is 1. The van der Waals surface area contributed by atoms with E-state index in [1.807, 2.05) is 13.8 Å². The highest BCUT2D eigenvalue weighted by Gasteiger charge is 2.34. The van der Waals surface area contributed by atoms with E-state index < -0.39 is 15.8 Å². The summed E-state index contributed by atoms with van der Waals surface area (Å²) >= 11 is 1.36. The lowest BCUT2D eigenvalue weighted by Crippen LogP contribution is -2.43. The second-order valence-corrected chi connectivity index (χ2v) is 9.34. The van der Waals surface area contributed by atoms with Gasteiger partial charge in [-0.1, -0.05) is 6.92 Å².